The monoisotopic (exact) mass is 408 g/mol. The summed E-state index contributed by atoms with van der Waals surface area (Å²) in [6.07, 6.45) is 0. The molecule has 5 nitrogen and oxygen atoms in total. The second kappa shape index (κ2) is 8.08. The number of carbonyl (C=O) groups is 2. The number of anilines is 1. The fraction of sp³-hybridized carbons (Fsp3) is 0.158. The zero-order chi connectivity index (χ0) is 19.6. The van der Waals surface area contributed by atoms with Crippen LogP contribution < -0.4 is 5.32 Å². The molecule has 1 N–H and O–H groups in total. The van der Waals surface area contributed by atoms with Crippen molar-refractivity contribution in [3.05, 3.63) is 69.6 Å². The Labute approximate surface area is 165 Å². The molecule has 0 saturated carbocycles. The van der Waals surface area contributed by atoms with Crippen LogP contribution in [0.4, 0.5) is 10.1 Å². The van der Waals surface area contributed by atoms with E-state index in [9.17, 15) is 14.0 Å². The molecule has 0 fully saturated rings. The van der Waals surface area contributed by atoms with E-state index in [4.69, 9.17) is 27.9 Å². The molecule has 0 atom stereocenters. The van der Waals surface area contributed by atoms with Gasteiger partial charge in [-0.3, -0.25) is 14.5 Å². The number of benzene rings is 2. The van der Waals surface area contributed by atoms with Gasteiger partial charge in [0, 0.05) is 23.4 Å². The molecule has 3 rings (SSSR count). The maximum absolute atomic E-state index is 13.5. The summed E-state index contributed by atoms with van der Waals surface area (Å²) >= 11 is 12.2. The van der Waals surface area contributed by atoms with E-state index in [1.165, 1.54) is 31.4 Å². The lowest BCUT2D eigenvalue weighted by Gasteiger charge is -2.14. The fourth-order valence-electron chi connectivity index (χ4n) is 2.73. The van der Waals surface area contributed by atoms with E-state index in [0.717, 1.165) is 4.90 Å². The predicted octanol–water partition coefficient (Wildman–Crippen LogP) is 3.97. The van der Waals surface area contributed by atoms with E-state index >= 15 is 0 Å². The molecule has 2 aromatic carbocycles. The number of halogens is 3. The Bertz CT molecular complexity index is 946. The van der Waals surface area contributed by atoms with Gasteiger partial charge in [0.15, 0.2) is 0 Å². The van der Waals surface area contributed by atoms with E-state index in [1.54, 1.807) is 18.2 Å². The summed E-state index contributed by atoms with van der Waals surface area (Å²) < 4.78 is 18.5. The second-order valence-electron chi connectivity index (χ2n) is 5.76. The third-order valence-electron chi connectivity index (χ3n) is 3.98. The molecule has 0 spiro atoms. The summed E-state index contributed by atoms with van der Waals surface area (Å²) in [7, 11) is 1.47. The molecule has 27 heavy (non-hydrogen) atoms. The summed E-state index contributed by atoms with van der Waals surface area (Å²) in [6, 6.07) is 10.2. The molecule has 140 valence electrons. The Balaban J connectivity index is 2.09. The van der Waals surface area contributed by atoms with Crippen molar-refractivity contribution in [3.63, 3.8) is 0 Å². The standard InChI is InChI=1S/C19H15Cl2FN2O3/c1-27-8-7-24-18(25)16(14-6-5-11(20)9-15(14)21)17(19(24)26)23-13-4-2-3-12(22)10-13/h2-6,9-10,23H,7-8H2,1H3. The number of methoxy groups -OCH3 is 1. The summed E-state index contributed by atoms with van der Waals surface area (Å²) in [5.74, 6) is -1.53. The van der Waals surface area contributed by atoms with Crippen LogP contribution in [0.2, 0.25) is 10.0 Å². The topological polar surface area (TPSA) is 58.6 Å². The van der Waals surface area contributed by atoms with Crippen molar-refractivity contribution < 1.29 is 18.7 Å². The van der Waals surface area contributed by atoms with E-state index in [-0.39, 0.29) is 29.4 Å². The highest BCUT2D eigenvalue weighted by Gasteiger charge is 2.39. The zero-order valence-electron chi connectivity index (χ0n) is 14.3. The quantitative estimate of drug-likeness (QED) is 0.734. The smallest absolute Gasteiger partial charge is 0.278 e. The molecule has 8 heteroatoms. The number of amides is 2. The van der Waals surface area contributed by atoms with E-state index in [1.807, 2.05) is 0 Å². The van der Waals surface area contributed by atoms with Crippen LogP contribution in [0.25, 0.3) is 5.57 Å². The van der Waals surface area contributed by atoms with Crippen LogP contribution in [0.1, 0.15) is 5.56 Å². The average molecular weight is 409 g/mol. The molecule has 2 aromatic rings. The minimum Gasteiger partial charge on any atom is -0.383 e. The van der Waals surface area contributed by atoms with E-state index < -0.39 is 17.6 Å². The number of imide groups is 1. The third-order valence-corrected chi connectivity index (χ3v) is 4.53. The van der Waals surface area contributed by atoms with Crippen LogP contribution in [-0.2, 0) is 14.3 Å². The molecule has 0 aliphatic carbocycles. The normalized spacial score (nSPS) is 14.3. The van der Waals surface area contributed by atoms with Crippen LogP contribution in [0, 0.1) is 5.82 Å². The Hall–Kier alpha value is -2.41. The van der Waals surface area contributed by atoms with Crippen LogP contribution >= 0.6 is 23.2 Å². The first-order valence-electron chi connectivity index (χ1n) is 7.99. The first-order chi connectivity index (χ1) is 12.9. The molecule has 1 aliphatic rings. The number of nitrogens with one attached hydrogen (secondary N) is 1. The molecule has 0 bridgehead atoms. The Morgan fingerprint density at radius 1 is 1.11 bits per heavy atom. The van der Waals surface area contributed by atoms with Gasteiger partial charge in [-0.1, -0.05) is 35.3 Å². The van der Waals surface area contributed by atoms with Gasteiger partial charge in [0.05, 0.1) is 23.7 Å². The largest absolute Gasteiger partial charge is 0.383 e. The van der Waals surface area contributed by atoms with Crippen molar-refractivity contribution in [2.75, 3.05) is 25.6 Å². The van der Waals surface area contributed by atoms with Crippen molar-refractivity contribution >= 4 is 46.3 Å². The van der Waals surface area contributed by atoms with Crippen molar-refractivity contribution in [3.8, 4) is 0 Å². The highest BCUT2D eigenvalue weighted by Crippen LogP contribution is 2.35. The van der Waals surface area contributed by atoms with Gasteiger partial charge in [-0.05, 0) is 30.3 Å². The van der Waals surface area contributed by atoms with Gasteiger partial charge in [0.2, 0.25) is 0 Å². The van der Waals surface area contributed by atoms with E-state index in [0.29, 0.717) is 16.3 Å². The summed E-state index contributed by atoms with van der Waals surface area (Å²) in [4.78, 5) is 26.8. The number of hydrogen-bond acceptors (Lipinski definition) is 4. The van der Waals surface area contributed by atoms with Crippen LogP contribution in [0.5, 0.6) is 0 Å². The fourth-order valence-corrected chi connectivity index (χ4v) is 3.23. The molecule has 0 aromatic heterocycles. The number of rotatable bonds is 6. The lowest BCUT2D eigenvalue weighted by atomic mass is 10.0. The molecule has 1 heterocycles. The predicted molar refractivity (Wildman–Crippen MR) is 102 cm³/mol. The highest BCUT2D eigenvalue weighted by atomic mass is 35.5. The Morgan fingerprint density at radius 2 is 1.89 bits per heavy atom. The average Bonchev–Trinajstić information content (AvgIpc) is 2.84. The number of nitrogens with zero attached hydrogens (tertiary/aromatic N) is 1. The molecule has 2 amide bonds. The first kappa shape index (κ1) is 19.4. The van der Waals surface area contributed by atoms with Gasteiger partial charge in [-0.15, -0.1) is 0 Å². The summed E-state index contributed by atoms with van der Waals surface area (Å²) in [6.45, 7) is 0.267. The lowest BCUT2D eigenvalue weighted by molar-refractivity contribution is -0.137. The summed E-state index contributed by atoms with van der Waals surface area (Å²) in [5, 5.41) is 3.48. The molecule has 0 saturated heterocycles. The van der Waals surface area contributed by atoms with Crippen LogP contribution in [-0.4, -0.2) is 37.0 Å². The second-order valence-corrected chi connectivity index (χ2v) is 6.61. The van der Waals surface area contributed by atoms with Gasteiger partial charge in [0.1, 0.15) is 11.5 Å². The zero-order valence-corrected chi connectivity index (χ0v) is 15.8. The first-order valence-corrected chi connectivity index (χ1v) is 8.75. The third kappa shape index (κ3) is 3.98. The molecule has 0 radical (unpaired) electrons. The van der Waals surface area contributed by atoms with Gasteiger partial charge < -0.3 is 10.1 Å². The molecular formula is C19H15Cl2FN2O3. The van der Waals surface area contributed by atoms with E-state index in [2.05, 4.69) is 5.32 Å². The van der Waals surface area contributed by atoms with Gasteiger partial charge in [-0.2, -0.15) is 0 Å². The number of ether oxygens (including phenoxy) is 1. The van der Waals surface area contributed by atoms with Gasteiger partial charge in [-0.25, -0.2) is 4.39 Å². The number of carbonyl (C=O) groups excluding carboxylic acids is 2. The highest BCUT2D eigenvalue weighted by molar-refractivity contribution is 6.41. The molecule has 0 unspecified atom stereocenters. The molecule has 1 aliphatic heterocycles. The minimum atomic E-state index is -0.540. The van der Waals surface area contributed by atoms with Crippen molar-refractivity contribution in [1.82, 2.24) is 4.90 Å². The SMILES string of the molecule is COCCN1C(=O)C(Nc2cccc(F)c2)=C(c2ccc(Cl)cc2Cl)C1=O. The Morgan fingerprint density at radius 3 is 2.56 bits per heavy atom. The lowest BCUT2D eigenvalue weighted by Crippen LogP contribution is -2.35. The minimum absolute atomic E-state index is 0.0194. The molecular weight excluding hydrogens is 394 g/mol. The number of hydrogen-bond donors (Lipinski definition) is 1. The summed E-state index contributed by atoms with van der Waals surface area (Å²) in [5.41, 5.74) is 0.813. The maximum Gasteiger partial charge on any atom is 0.278 e. The van der Waals surface area contributed by atoms with Crippen molar-refractivity contribution in [2.24, 2.45) is 0 Å². The van der Waals surface area contributed by atoms with Crippen LogP contribution in [0.15, 0.2) is 48.2 Å². The van der Waals surface area contributed by atoms with Gasteiger partial charge in [0.25, 0.3) is 11.8 Å². The maximum atomic E-state index is 13.5. The Kier molecular flexibility index (Phi) is 5.79. The van der Waals surface area contributed by atoms with Gasteiger partial charge >= 0.3 is 0 Å². The van der Waals surface area contributed by atoms with Crippen molar-refractivity contribution in [1.29, 1.82) is 0 Å². The van der Waals surface area contributed by atoms with Crippen LogP contribution in [0.3, 0.4) is 0 Å². The van der Waals surface area contributed by atoms with Crippen molar-refractivity contribution in [2.45, 2.75) is 0 Å².